The monoisotopic (exact) mass is 393 g/mol. The van der Waals surface area contributed by atoms with Crippen LogP contribution in [0.5, 0.6) is 0 Å². The molecule has 1 aliphatic rings. The van der Waals surface area contributed by atoms with Gasteiger partial charge >= 0.3 is 8.84 Å². The molecule has 138 valence electrons. The Labute approximate surface area is 171 Å². The Morgan fingerprint density at radius 2 is 1.84 bits per heavy atom. The van der Waals surface area contributed by atoms with Crippen LogP contribution in [0.1, 0.15) is 71.4 Å². The minimum absolute atomic E-state index is 0. The third-order valence-electron chi connectivity index (χ3n) is 6.53. The maximum atomic E-state index is 12.2. The number of benzene rings is 1. The summed E-state index contributed by atoms with van der Waals surface area (Å²) in [5.41, 5.74) is 3.37. The van der Waals surface area contributed by atoms with E-state index in [4.69, 9.17) is 0 Å². The van der Waals surface area contributed by atoms with E-state index in [1.807, 2.05) is 13.6 Å². The number of rotatable bonds is 7. The largest absolute Gasteiger partial charge is 0.391 e. The smallest absolute Gasteiger partial charge is 0.375 e. The van der Waals surface area contributed by atoms with Gasteiger partial charge in [-0.2, -0.15) is 0 Å². The van der Waals surface area contributed by atoms with Crippen LogP contribution in [0.25, 0.3) is 0 Å². The van der Waals surface area contributed by atoms with E-state index in [1.165, 1.54) is 24.8 Å². The summed E-state index contributed by atoms with van der Waals surface area (Å²) in [4.78, 5) is 0. The number of hydrogen-bond acceptors (Lipinski definition) is 1. The first-order valence-electron chi connectivity index (χ1n) is 9.40. The normalized spacial score (nSPS) is 21.4. The molecule has 0 spiro atoms. The maximum Gasteiger partial charge on any atom is 0.391 e. The van der Waals surface area contributed by atoms with E-state index >= 15 is 0 Å². The Hall–Kier alpha value is -0.249. The first-order valence-corrected chi connectivity index (χ1v) is 11.3. The van der Waals surface area contributed by atoms with Gasteiger partial charge in [0.25, 0.3) is 0 Å². The van der Waals surface area contributed by atoms with Gasteiger partial charge in [0.15, 0.2) is 0 Å². The molecule has 1 aliphatic carbocycles. The number of hydrogen-bond donors (Lipinski definition) is 0. The van der Waals surface area contributed by atoms with Gasteiger partial charge in [-0.1, -0.05) is 57.9 Å². The van der Waals surface area contributed by atoms with Gasteiger partial charge in [0.2, 0.25) is 0 Å². The second-order valence-electron chi connectivity index (χ2n) is 8.97. The van der Waals surface area contributed by atoms with Gasteiger partial charge in [0.05, 0.1) is 0 Å². The Balaban J connectivity index is 0.00000312. The minimum atomic E-state index is -1.69. The van der Waals surface area contributed by atoms with Crippen LogP contribution in [0.4, 0.5) is 0 Å². The van der Waals surface area contributed by atoms with Crippen LogP contribution in [-0.4, -0.2) is 26.0 Å². The van der Waals surface area contributed by atoms with E-state index in [-0.39, 0.29) is 38.1 Å². The van der Waals surface area contributed by atoms with Gasteiger partial charge in [0, 0.05) is 39.7 Å². The Kier molecular flexibility index (Phi) is 7.46. The molecule has 0 saturated heterocycles. The van der Waals surface area contributed by atoms with Crippen molar-refractivity contribution in [1.29, 1.82) is 0 Å². The molecule has 0 amide bonds. The molecule has 1 aromatic carbocycles. The predicted molar refractivity (Wildman–Crippen MR) is 104 cm³/mol. The van der Waals surface area contributed by atoms with Gasteiger partial charge in [-0.15, -0.1) is 0 Å². The Morgan fingerprint density at radius 1 is 1.24 bits per heavy atom. The van der Waals surface area contributed by atoms with Crippen LogP contribution < -0.4 is 0 Å². The molecule has 25 heavy (non-hydrogen) atoms. The van der Waals surface area contributed by atoms with E-state index in [2.05, 4.69) is 63.4 Å². The van der Waals surface area contributed by atoms with Crippen LogP contribution in [0, 0.1) is 5.41 Å². The maximum absolute atomic E-state index is 12.2. The van der Waals surface area contributed by atoms with Crippen molar-refractivity contribution in [3.63, 3.8) is 0 Å². The quantitative estimate of drug-likeness (QED) is 0.583. The summed E-state index contributed by atoms with van der Waals surface area (Å²) in [7, 11) is 0.343. The number of nitrogens with zero attached hydrogens (tertiary/aromatic N) is 1. The summed E-state index contributed by atoms with van der Waals surface area (Å²) in [6.07, 6.45) is 5.90. The molecule has 2 nitrogen and oxygen atoms in total. The van der Waals surface area contributed by atoms with Crippen molar-refractivity contribution in [2.45, 2.75) is 84.2 Å². The van der Waals surface area contributed by atoms with E-state index in [0.29, 0.717) is 0 Å². The van der Waals surface area contributed by atoms with E-state index in [0.717, 1.165) is 12.8 Å². The summed E-state index contributed by atoms with van der Waals surface area (Å²) in [6, 6.07) is 9.03. The third kappa shape index (κ3) is 4.20. The zero-order valence-electron chi connectivity index (χ0n) is 17.2. The average Bonchev–Trinajstić information content (AvgIpc) is 2.71. The van der Waals surface area contributed by atoms with Crippen molar-refractivity contribution in [2.24, 2.45) is 5.41 Å². The van der Waals surface area contributed by atoms with Gasteiger partial charge < -0.3 is 9.03 Å². The van der Waals surface area contributed by atoms with Gasteiger partial charge in [-0.05, 0) is 56.2 Å². The summed E-state index contributed by atoms with van der Waals surface area (Å²) in [5, 5.41) is 0. The van der Waals surface area contributed by atoms with Crippen molar-refractivity contribution >= 4 is 8.84 Å². The fourth-order valence-electron chi connectivity index (χ4n) is 4.81. The summed E-state index contributed by atoms with van der Waals surface area (Å²) >= 11 is 0. The summed E-state index contributed by atoms with van der Waals surface area (Å²) in [6.45, 7) is 13.6. The molecule has 0 fully saturated rings. The molecule has 0 aliphatic heterocycles. The zero-order valence-corrected chi connectivity index (χ0v) is 19.8. The molecule has 0 heterocycles. The van der Waals surface area contributed by atoms with Crippen molar-refractivity contribution in [2.75, 3.05) is 7.05 Å². The first-order chi connectivity index (χ1) is 11.1. The molecule has 1 unspecified atom stereocenters. The van der Waals surface area contributed by atoms with Crippen LogP contribution in [-0.2, 0) is 38.0 Å². The van der Waals surface area contributed by atoms with Crippen molar-refractivity contribution in [1.82, 2.24) is 4.57 Å². The number of fused-ring (bicyclic) bond motifs is 1. The van der Waals surface area contributed by atoms with Crippen LogP contribution in [0.3, 0.4) is 0 Å². The predicted octanol–water partition coefficient (Wildman–Crippen LogP) is 5.34. The van der Waals surface area contributed by atoms with Gasteiger partial charge in [-0.3, -0.25) is 0 Å². The van der Waals surface area contributed by atoms with Crippen molar-refractivity contribution in [3.8, 4) is 0 Å². The Bertz CT molecular complexity index is 614. The summed E-state index contributed by atoms with van der Waals surface area (Å²) in [5.74, 6) is 0. The molecule has 1 atom stereocenters. The van der Waals surface area contributed by atoms with Gasteiger partial charge in [-0.25, -0.2) is 0 Å². The molecule has 1 aromatic rings. The van der Waals surface area contributed by atoms with Crippen LogP contribution in [0.15, 0.2) is 24.3 Å². The van der Waals surface area contributed by atoms with Crippen LogP contribution >= 0.6 is 0 Å². The standard InChI is InChI=1S/C21H35NOSi.Ti/c1-8-9-14-21(16-20(4,5)22(6)24(7)23)18-13-11-10-12-17(18)15-19(21,2)3;/h10-13H,8-9,14-16H2,1-7H3;. The van der Waals surface area contributed by atoms with Crippen LogP contribution in [0.2, 0.25) is 6.55 Å². The van der Waals surface area contributed by atoms with E-state index in [9.17, 15) is 4.46 Å². The molecule has 2 rings (SSSR count). The van der Waals surface area contributed by atoms with E-state index < -0.39 is 8.84 Å². The molecule has 0 radical (unpaired) electrons. The molecule has 0 saturated carbocycles. The average molecular weight is 393 g/mol. The molecular formula is C21H35NOSiTi. The van der Waals surface area contributed by atoms with Crippen molar-refractivity contribution in [3.05, 3.63) is 35.4 Å². The molecule has 0 N–H and O–H groups in total. The first kappa shape index (κ1) is 22.8. The third-order valence-corrected chi connectivity index (χ3v) is 8.08. The molecule has 4 heteroatoms. The van der Waals surface area contributed by atoms with Gasteiger partial charge in [0.1, 0.15) is 0 Å². The topological polar surface area (TPSA) is 20.3 Å². The molecule has 0 aromatic heterocycles. The second-order valence-corrected chi connectivity index (χ2v) is 10.7. The fraction of sp³-hybridized carbons (Fsp3) is 0.714. The Morgan fingerprint density at radius 3 is 2.40 bits per heavy atom. The summed E-state index contributed by atoms with van der Waals surface area (Å²) < 4.78 is 14.3. The molecule has 0 bridgehead atoms. The fourth-order valence-corrected chi connectivity index (χ4v) is 5.74. The number of unbranched alkanes of at least 4 members (excludes halogenated alkanes) is 1. The van der Waals surface area contributed by atoms with E-state index in [1.54, 1.807) is 5.56 Å². The molecular weight excluding hydrogens is 358 g/mol. The van der Waals surface area contributed by atoms with Crippen molar-refractivity contribution < 1.29 is 26.2 Å². The SMILES string of the molecule is CCCCC1(CC(C)(C)N(C)[Si](C)=O)c2ccccc2CC1(C)C.[Ti]. The second kappa shape index (κ2) is 8.19. The zero-order chi connectivity index (χ0) is 18.2. The minimum Gasteiger partial charge on any atom is -0.375 e.